The van der Waals surface area contributed by atoms with Crippen LogP contribution in [0.2, 0.25) is 5.02 Å². The molecule has 1 amide bonds. The first-order valence-electron chi connectivity index (χ1n) is 8.43. The normalized spacial score (nSPS) is 10.8. The number of nitrogens with one attached hydrogen (secondary N) is 1. The Kier molecular flexibility index (Phi) is 6.91. The summed E-state index contributed by atoms with van der Waals surface area (Å²) in [5.74, 6) is -2.48. The molecule has 0 unspecified atom stereocenters. The van der Waals surface area contributed by atoms with Crippen molar-refractivity contribution in [1.29, 1.82) is 0 Å². The van der Waals surface area contributed by atoms with E-state index in [0.29, 0.717) is 16.8 Å². The fourth-order valence-corrected chi connectivity index (χ4v) is 2.60. The molecule has 0 aromatic heterocycles. The number of benzene rings is 2. The molecule has 0 aliphatic heterocycles. The van der Waals surface area contributed by atoms with Crippen molar-refractivity contribution in [1.82, 2.24) is 5.32 Å². The minimum atomic E-state index is -0.965. The second kappa shape index (κ2) is 8.95. The summed E-state index contributed by atoms with van der Waals surface area (Å²) in [6.07, 6.45) is -0.103. The topological polar surface area (TPSA) is 55.4 Å². The molecule has 0 saturated heterocycles. The summed E-state index contributed by atoms with van der Waals surface area (Å²) in [4.78, 5) is 24.0. The molecule has 0 radical (unpaired) electrons. The van der Waals surface area contributed by atoms with Crippen LogP contribution in [-0.2, 0) is 4.79 Å². The molecule has 0 atom stereocenters. The summed E-state index contributed by atoms with van der Waals surface area (Å²) < 4.78 is 31.8. The molecule has 0 heterocycles. The van der Waals surface area contributed by atoms with Crippen molar-refractivity contribution in [3.05, 3.63) is 63.7 Å². The molecule has 144 valence electrons. The molecular formula is C20H20ClF2NO3. The van der Waals surface area contributed by atoms with E-state index in [0.717, 1.165) is 23.3 Å². The van der Waals surface area contributed by atoms with Gasteiger partial charge in [-0.25, -0.2) is 8.78 Å². The maximum absolute atomic E-state index is 13.6. The largest absolute Gasteiger partial charge is 0.426 e. The minimum absolute atomic E-state index is 0.0436. The lowest BCUT2D eigenvalue weighted by atomic mass is 10.0. The molecule has 4 nitrogen and oxygen atoms in total. The zero-order chi connectivity index (χ0) is 20.1. The van der Waals surface area contributed by atoms with Crippen LogP contribution in [0.4, 0.5) is 8.78 Å². The van der Waals surface area contributed by atoms with Crippen LogP contribution in [0, 0.1) is 18.6 Å². The first-order valence-corrected chi connectivity index (χ1v) is 8.80. The fourth-order valence-electron chi connectivity index (χ4n) is 2.43. The third-order valence-corrected chi connectivity index (χ3v) is 4.33. The Morgan fingerprint density at radius 2 is 1.89 bits per heavy atom. The molecular weight excluding hydrogens is 376 g/mol. The summed E-state index contributed by atoms with van der Waals surface area (Å²) >= 11 is 6.12. The second-order valence-electron chi connectivity index (χ2n) is 6.40. The van der Waals surface area contributed by atoms with Gasteiger partial charge in [0.15, 0.2) is 0 Å². The van der Waals surface area contributed by atoms with Crippen LogP contribution in [0.25, 0.3) is 0 Å². The van der Waals surface area contributed by atoms with Crippen molar-refractivity contribution in [2.24, 2.45) is 0 Å². The lowest BCUT2D eigenvalue weighted by Gasteiger charge is -2.15. The number of rotatable bonds is 6. The zero-order valence-electron chi connectivity index (χ0n) is 15.2. The Bertz CT molecular complexity index is 869. The Balaban J connectivity index is 1.95. The molecule has 27 heavy (non-hydrogen) atoms. The number of carbonyl (C=O) groups is 2. The molecule has 0 aliphatic carbocycles. The SMILES string of the molecule is Cc1cc(OC(=O)CCNC(=O)c2ccc(F)cc2F)c(C(C)C)cc1Cl. The van der Waals surface area contributed by atoms with Crippen LogP contribution in [0.5, 0.6) is 5.75 Å². The molecule has 2 rings (SSSR count). The Morgan fingerprint density at radius 3 is 2.52 bits per heavy atom. The number of amides is 1. The number of halogens is 3. The summed E-state index contributed by atoms with van der Waals surface area (Å²) in [6, 6.07) is 6.12. The van der Waals surface area contributed by atoms with Crippen molar-refractivity contribution in [3.63, 3.8) is 0 Å². The highest BCUT2D eigenvalue weighted by atomic mass is 35.5. The van der Waals surface area contributed by atoms with E-state index in [2.05, 4.69) is 5.32 Å². The third kappa shape index (κ3) is 5.50. The predicted molar refractivity (Wildman–Crippen MR) is 99.2 cm³/mol. The average Bonchev–Trinajstić information content (AvgIpc) is 2.57. The molecule has 2 aromatic carbocycles. The zero-order valence-corrected chi connectivity index (χ0v) is 16.0. The highest BCUT2D eigenvalue weighted by Gasteiger charge is 2.16. The Labute approximate surface area is 161 Å². The van der Waals surface area contributed by atoms with E-state index in [4.69, 9.17) is 16.3 Å². The monoisotopic (exact) mass is 395 g/mol. The van der Waals surface area contributed by atoms with Gasteiger partial charge < -0.3 is 10.1 Å². The van der Waals surface area contributed by atoms with Gasteiger partial charge in [0.2, 0.25) is 0 Å². The van der Waals surface area contributed by atoms with Crippen LogP contribution < -0.4 is 10.1 Å². The molecule has 1 N–H and O–H groups in total. The summed E-state index contributed by atoms with van der Waals surface area (Å²) in [7, 11) is 0. The average molecular weight is 396 g/mol. The van der Waals surface area contributed by atoms with Gasteiger partial charge in [-0.05, 0) is 48.2 Å². The van der Waals surface area contributed by atoms with Gasteiger partial charge in [0.1, 0.15) is 17.4 Å². The number of esters is 1. The summed E-state index contributed by atoms with van der Waals surface area (Å²) in [5, 5.41) is 3.00. The lowest BCUT2D eigenvalue weighted by Crippen LogP contribution is -2.28. The number of ether oxygens (including phenoxy) is 1. The van der Waals surface area contributed by atoms with E-state index in [1.54, 1.807) is 19.1 Å². The summed E-state index contributed by atoms with van der Waals surface area (Å²) in [6.45, 7) is 5.67. The fraction of sp³-hybridized carbons (Fsp3) is 0.300. The maximum Gasteiger partial charge on any atom is 0.312 e. The van der Waals surface area contributed by atoms with Crippen LogP contribution in [-0.4, -0.2) is 18.4 Å². The smallest absolute Gasteiger partial charge is 0.312 e. The number of hydrogen-bond donors (Lipinski definition) is 1. The quantitative estimate of drug-likeness (QED) is 0.566. The van der Waals surface area contributed by atoms with E-state index < -0.39 is 23.5 Å². The Morgan fingerprint density at radius 1 is 1.19 bits per heavy atom. The molecule has 2 aromatic rings. The van der Waals surface area contributed by atoms with Gasteiger partial charge in [0, 0.05) is 17.6 Å². The van der Waals surface area contributed by atoms with Gasteiger partial charge in [0.05, 0.1) is 12.0 Å². The van der Waals surface area contributed by atoms with Crippen molar-refractivity contribution >= 4 is 23.5 Å². The maximum atomic E-state index is 13.6. The lowest BCUT2D eigenvalue weighted by molar-refractivity contribution is -0.134. The molecule has 0 saturated carbocycles. The number of hydrogen-bond acceptors (Lipinski definition) is 3. The molecule has 7 heteroatoms. The highest BCUT2D eigenvalue weighted by Crippen LogP contribution is 2.32. The first-order chi connectivity index (χ1) is 12.7. The van der Waals surface area contributed by atoms with E-state index in [-0.39, 0.29) is 24.4 Å². The van der Waals surface area contributed by atoms with Crippen molar-refractivity contribution in [3.8, 4) is 5.75 Å². The van der Waals surface area contributed by atoms with E-state index >= 15 is 0 Å². The molecule has 0 spiro atoms. The second-order valence-corrected chi connectivity index (χ2v) is 6.81. The van der Waals surface area contributed by atoms with Gasteiger partial charge in [0.25, 0.3) is 5.91 Å². The van der Waals surface area contributed by atoms with Gasteiger partial charge in [-0.3, -0.25) is 9.59 Å². The van der Waals surface area contributed by atoms with Crippen LogP contribution >= 0.6 is 11.6 Å². The van der Waals surface area contributed by atoms with E-state index in [1.165, 1.54) is 0 Å². The van der Waals surface area contributed by atoms with E-state index in [1.807, 2.05) is 13.8 Å². The van der Waals surface area contributed by atoms with Gasteiger partial charge >= 0.3 is 5.97 Å². The van der Waals surface area contributed by atoms with Crippen molar-refractivity contribution in [2.75, 3.05) is 6.54 Å². The third-order valence-electron chi connectivity index (χ3n) is 3.93. The standard InChI is InChI=1S/C20H20ClF2NO3/c1-11(2)15-10-16(21)12(3)8-18(15)27-19(25)6-7-24-20(26)14-5-4-13(22)9-17(14)23/h4-5,8-11H,6-7H2,1-3H3,(H,24,26). The van der Waals surface area contributed by atoms with E-state index in [9.17, 15) is 18.4 Å². The van der Waals surface area contributed by atoms with Crippen LogP contribution in [0.1, 0.15) is 47.7 Å². The Hall–Kier alpha value is -2.47. The van der Waals surface area contributed by atoms with Crippen LogP contribution in [0.15, 0.2) is 30.3 Å². The highest BCUT2D eigenvalue weighted by molar-refractivity contribution is 6.31. The van der Waals surface area contributed by atoms with Gasteiger partial charge in [-0.15, -0.1) is 0 Å². The van der Waals surface area contributed by atoms with Crippen LogP contribution in [0.3, 0.4) is 0 Å². The summed E-state index contributed by atoms with van der Waals surface area (Å²) in [5.41, 5.74) is 1.29. The number of carbonyl (C=O) groups excluding carboxylic acids is 2. The molecule has 0 aliphatic rings. The predicted octanol–water partition coefficient (Wildman–Crippen LogP) is 4.78. The van der Waals surface area contributed by atoms with Crippen molar-refractivity contribution in [2.45, 2.75) is 33.1 Å². The van der Waals surface area contributed by atoms with Crippen molar-refractivity contribution < 1.29 is 23.1 Å². The minimum Gasteiger partial charge on any atom is -0.426 e. The molecule has 0 bridgehead atoms. The first kappa shape index (κ1) is 20.8. The van der Waals surface area contributed by atoms with Gasteiger partial charge in [-0.1, -0.05) is 25.4 Å². The number of aryl methyl sites for hydroxylation is 1. The molecule has 0 fully saturated rings. The van der Waals surface area contributed by atoms with Gasteiger partial charge in [-0.2, -0.15) is 0 Å².